The lowest BCUT2D eigenvalue weighted by Crippen LogP contribution is -2.53. The van der Waals surface area contributed by atoms with Gasteiger partial charge in [-0.2, -0.15) is 15.0 Å². The van der Waals surface area contributed by atoms with Gasteiger partial charge in [0.05, 0.1) is 23.5 Å². The van der Waals surface area contributed by atoms with E-state index < -0.39 is 11.0 Å². The first-order chi connectivity index (χ1) is 9.72. The molecule has 0 fully saturated rings. The highest BCUT2D eigenvalue weighted by atomic mass is 16.2. The van der Waals surface area contributed by atoms with Gasteiger partial charge in [-0.3, -0.25) is 4.79 Å². The number of hydrogen-bond donors (Lipinski definition) is 2. The molecule has 112 valence electrons. The summed E-state index contributed by atoms with van der Waals surface area (Å²) in [7, 11) is 0. The van der Waals surface area contributed by atoms with Crippen molar-refractivity contribution in [3.8, 4) is 5.69 Å². The zero-order valence-electron chi connectivity index (χ0n) is 12.8. The molecule has 0 radical (unpaired) electrons. The number of nitrogens with one attached hydrogen (secondary N) is 1. The number of amides is 1. The van der Waals surface area contributed by atoms with E-state index in [1.165, 1.54) is 4.80 Å². The maximum Gasteiger partial charge on any atom is 0.231 e. The molecule has 0 unspecified atom stereocenters. The van der Waals surface area contributed by atoms with Gasteiger partial charge in [0.1, 0.15) is 0 Å². The Bertz CT molecular complexity index is 609. The zero-order valence-corrected chi connectivity index (χ0v) is 12.8. The van der Waals surface area contributed by atoms with Gasteiger partial charge in [0.2, 0.25) is 5.91 Å². The van der Waals surface area contributed by atoms with E-state index in [9.17, 15) is 4.79 Å². The van der Waals surface area contributed by atoms with Gasteiger partial charge in [0.15, 0.2) is 0 Å². The van der Waals surface area contributed by atoms with Crippen molar-refractivity contribution >= 4 is 11.6 Å². The van der Waals surface area contributed by atoms with Crippen molar-refractivity contribution in [1.29, 1.82) is 0 Å². The summed E-state index contributed by atoms with van der Waals surface area (Å²) in [6, 6.07) is 7.32. The molecule has 21 heavy (non-hydrogen) atoms. The van der Waals surface area contributed by atoms with Crippen molar-refractivity contribution < 1.29 is 4.79 Å². The number of nitrogens with zero attached hydrogens (tertiary/aromatic N) is 3. The number of anilines is 1. The summed E-state index contributed by atoms with van der Waals surface area (Å²) in [4.78, 5) is 13.9. The molecule has 1 aromatic carbocycles. The largest absolute Gasteiger partial charge is 0.326 e. The van der Waals surface area contributed by atoms with Crippen LogP contribution in [-0.4, -0.2) is 26.4 Å². The molecule has 1 amide bonds. The van der Waals surface area contributed by atoms with E-state index in [-0.39, 0.29) is 5.91 Å². The van der Waals surface area contributed by atoms with Crippen LogP contribution in [0.25, 0.3) is 5.69 Å². The summed E-state index contributed by atoms with van der Waals surface area (Å²) in [5.41, 5.74) is 6.32. The monoisotopic (exact) mass is 287 g/mol. The van der Waals surface area contributed by atoms with Gasteiger partial charge in [0.25, 0.3) is 0 Å². The topological polar surface area (TPSA) is 85.8 Å². The van der Waals surface area contributed by atoms with E-state index >= 15 is 0 Å². The van der Waals surface area contributed by atoms with Gasteiger partial charge in [-0.25, -0.2) is 0 Å². The van der Waals surface area contributed by atoms with Crippen LogP contribution >= 0.6 is 0 Å². The van der Waals surface area contributed by atoms with Crippen LogP contribution in [0.1, 0.15) is 27.7 Å². The van der Waals surface area contributed by atoms with E-state index in [4.69, 9.17) is 5.73 Å². The molecule has 0 saturated heterocycles. The van der Waals surface area contributed by atoms with Gasteiger partial charge in [0, 0.05) is 11.2 Å². The molecule has 0 bridgehead atoms. The lowest BCUT2D eigenvalue weighted by atomic mass is 9.74. The molecule has 0 aliphatic carbocycles. The fourth-order valence-electron chi connectivity index (χ4n) is 1.61. The minimum atomic E-state index is -0.685. The number of nitrogens with two attached hydrogens (primary N) is 1. The number of hydrogen-bond acceptors (Lipinski definition) is 4. The van der Waals surface area contributed by atoms with Crippen LogP contribution in [0.15, 0.2) is 36.7 Å². The van der Waals surface area contributed by atoms with Gasteiger partial charge in [-0.15, -0.1) is 0 Å². The van der Waals surface area contributed by atoms with Crippen molar-refractivity contribution in [2.24, 2.45) is 11.1 Å². The Hall–Kier alpha value is -2.21. The first-order valence-corrected chi connectivity index (χ1v) is 6.79. The fraction of sp³-hybridized carbons (Fsp3) is 0.400. The van der Waals surface area contributed by atoms with E-state index in [0.717, 1.165) is 5.69 Å². The van der Waals surface area contributed by atoms with E-state index in [0.29, 0.717) is 5.69 Å². The highest BCUT2D eigenvalue weighted by Crippen LogP contribution is 2.29. The third kappa shape index (κ3) is 3.11. The second-order valence-corrected chi connectivity index (χ2v) is 6.17. The van der Waals surface area contributed by atoms with Gasteiger partial charge in [-0.05, 0) is 52.0 Å². The first kappa shape index (κ1) is 15.2. The molecule has 0 spiro atoms. The number of benzene rings is 1. The van der Waals surface area contributed by atoms with Crippen LogP contribution in [0.5, 0.6) is 0 Å². The molecule has 1 aromatic heterocycles. The third-order valence-electron chi connectivity index (χ3n) is 3.95. The molecule has 6 nitrogen and oxygen atoms in total. The van der Waals surface area contributed by atoms with Crippen molar-refractivity contribution in [3.63, 3.8) is 0 Å². The molecular weight excluding hydrogens is 266 g/mol. The Morgan fingerprint density at radius 3 is 2.10 bits per heavy atom. The number of rotatable bonds is 4. The molecule has 6 heteroatoms. The second-order valence-electron chi connectivity index (χ2n) is 6.17. The van der Waals surface area contributed by atoms with E-state index in [1.807, 2.05) is 52.0 Å². The number of carbonyl (C=O) groups is 1. The average Bonchev–Trinajstić information content (AvgIpc) is 2.92. The summed E-state index contributed by atoms with van der Waals surface area (Å²) in [5, 5.41) is 11.0. The highest BCUT2D eigenvalue weighted by Gasteiger charge is 2.40. The van der Waals surface area contributed by atoms with Crippen LogP contribution in [0.4, 0.5) is 5.69 Å². The summed E-state index contributed by atoms with van der Waals surface area (Å²) in [6.07, 6.45) is 3.23. The zero-order chi connectivity index (χ0) is 15.7. The molecule has 2 aromatic rings. The van der Waals surface area contributed by atoms with Crippen molar-refractivity contribution in [2.45, 2.75) is 33.2 Å². The van der Waals surface area contributed by atoms with Gasteiger partial charge < -0.3 is 11.1 Å². The second kappa shape index (κ2) is 5.29. The van der Waals surface area contributed by atoms with Gasteiger partial charge >= 0.3 is 0 Å². The predicted octanol–water partition coefficient (Wildman–Crippen LogP) is 1.97. The minimum Gasteiger partial charge on any atom is -0.326 e. The summed E-state index contributed by atoms with van der Waals surface area (Å²) >= 11 is 0. The maximum absolute atomic E-state index is 12.4. The smallest absolute Gasteiger partial charge is 0.231 e. The standard InChI is InChI=1S/C15H21N5O/c1-14(2,15(3,4)16)13(21)19-11-5-7-12(8-6-11)20-17-9-10-18-20/h5-10H,16H2,1-4H3,(H,19,21). The summed E-state index contributed by atoms with van der Waals surface area (Å²) in [6.45, 7) is 7.37. The van der Waals surface area contributed by atoms with Crippen LogP contribution in [0, 0.1) is 5.41 Å². The Morgan fingerprint density at radius 2 is 1.62 bits per heavy atom. The number of carbonyl (C=O) groups excluding carboxylic acids is 1. The molecule has 1 heterocycles. The highest BCUT2D eigenvalue weighted by molar-refractivity contribution is 5.95. The Morgan fingerprint density at radius 1 is 1.10 bits per heavy atom. The van der Waals surface area contributed by atoms with Crippen molar-refractivity contribution in [1.82, 2.24) is 15.0 Å². The molecule has 3 N–H and O–H groups in total. The Labute approximate surface area is 124 Å². The van der Waals surface area contributed by atoms with Crippen molar-refractivity contribution in [3.05, 3.63) is 36.7 Å². The minimum absolute atomic E-state index is 0.111. The Balaban J connectivity index is 2.12. The molecular formula is C15H21N5O. The molecule has 0 aliphatic heterocycles. The molecule has 0 aliphatic rings. The fourth-order valence-corrected chi connectivity index (χ4v) is 1.61. The lowest BCUT2D eigenvalue weighted by molar-refractivity contribution is -0.126. The summed E-state index contributed by atoms with van der Waals surface area (Å²) in [5.74, 6) is -0.111. The average molecular weight is 287 g/mol. The number of aromatic nitrogens is 3. The SMILES string of the molecule is CC(C)(N)C(C)(C)C(=O)Nc1ccc(-n2nccn2)cc1. The van der Waals surface area contributed by atoms with E-state index in [2.05, 4.69) is 15.5 Å². The summed E-state index contributed by atoms with van der Waals surface area (Å²) < 4.78 is 0. The lowest BCUT2D eigenvalue weighted by Gasteiger charge is -2.36. The van der Waals surface area contributed by atoms with Crippen LogP contribution < -0.4 is 11.1 Å². The van der Waals surface area contributed by atoms with Crippen LogP contribution in [-0.2, 0) is 4.79 Å². The third-order valence-corrected chi connectivity index (χ3v) is 3.95. The molecule has 0 atom stereocenters. The van der Waals surface area contributed by atoms with Gasteiger partial charge in [-0.1, -0.05) is 0 Å². The quantitative estimate of drug-likeness (QED) is 0.900. The van der Waals surface area contributed by atoms with E-state index in [1.54, 1.807) is 12.4 Å². The first-order valence-electron chi connectivity index (χ1n) is 6.79. The predicted molar refractivity (Wildman–Crippen MR) is 82.0 cm³/mol. The van der Waals surface area contributed by atoms with Crippen molar-refractivity contribution in [2.75, 3.05) is 5.32 Å². The molecule has 0 saturated carbocycles. The van der Waals surface area contributed by atoms with Crippen LogP contribution in [0.3, 0.4) is 0 Å². The maximum atomic E-state index is 12.4. The normalized spacial score (nSPS) is 12.2. The molecule has 2 rings (SSSR count). The van der Waals surface area contributed by atoms with Crippen LogP contribution in [0.2, 0.25) is 0 Å². The Kier molecular flexibility index (Phi) is 3.82.